The van der Waals surface area contributed by atoms with Gasteiger partial charge in [0.05, 0.1) is 13.7 Å². The van der Waals surface area contributed by atoms with Gasteiger partial charge in [-0.2, -0.15) is 0 Å². The van der Waals surface area contributed by atoms with Crippen molar-refractivity contribution in [1.82, 2.24) is 9.88 Å². The summed E-state index contributed by atoms with van der Waals surface area (Å²) in [6, 6.07) is 19.8. The summed E-state index contributed by atoms with van der Waals surface area (Å²) in [6.07, 6.45) is 1.68. The van der Waals surface area contributed by atoms with Gasteiger partial charge in [-0.1, -0.05) is 42.5 Å². The number of nitrogens with zero attached hydrogens (tertiary/aromatic N) is 1. The number of nitrogens with two attached hydrogens (primary N) is 1. The number of methoxy groups -OCH3 is 1. The van der Waals surface area contributed by atoms with Crippen molar-refractivity contribution in [2.24, 2.45) is 5.73 Å². The molecular weight excluding hydrogens is 354 g/mol. The third-order valence-corrected chi connectivity index (χ3v) is 4.49. The molecule has 3 N–H and O–H groups in total. The minimum Gasteiger partial charge on any atom is -0.497 e. The Kier molecular flexibility index (Phi) is 6.24. The van der Waals surface area contributed by atoms with Crippen LogP contribution in [0.4, 0.5) is 0 Å². The molecule has 0 aliphatic heterocycles. The van der Waals surface area contributed by atoms with E-state index < -0.39 is 5.91 Å². The van der Waals surface area contributed by atoms with Crippen molar-refractivity contribution < 1.29 is 9.53 Å². The van der Waals surface area contributed by atoms with Gasteiger partial charge in [-0.3, -0.25) is 9.59 Å². The van der Waals surface area contributed by atoms with Crippen molar-refractivity contribution in [3.05, 3.63) is 100.0 Å². The first-order valence-electron chi connectivity index (χ1n) is 8.99. The second-order valence-electron chi connectivity index (χ2n) is 6.43. The SMILES string of the molecule is COc1ccc(C(N)CNC(=O)c2cccn(Cc3ccccc3)c2=O)cc1. The number of benzene rings is 2. The molecular formula is C22H23N3O3. The second kappa shape index (κ2) is 9.01. The number of carbonyl (C=O) groups is 1. The van der Waals surface area contributed by atoms with Gasteiger partial charge in [-0.15, -0.1) is 0 Å². The molecule has 1 aromatic heterocycles. The summed E-state index contributed by atoms with van der Waals surface area (Å²) in [7, 11) is 1.60. The van der Waals surface area contributed by atoms with Gasteiger partial charge in [0, 0.05) is 18.8 Å². The van der Waals surface area contributed by atoms with Crippen molar-refractivity contribution in [3.63, 3.8) is 0 Å². The van der Waals surface area contributed by atoms with Crippen LogP contribution in [-0.2, 0) is 6.54 Å². The highest BCUT2D eigenvalue weighted by Crippen LogP contribution is 2.15. The molecule has 3 aromatic rings. The number of ether oxygens (including phenoxy) is 1. The number of pyridine rings is 1. The molecule has 0 saturated heterocycles. The zero-order valence-corrected chi connectivity index (χ0v) is 15.7. The third kappa shape index (κ3) is 4.66. The van der Waals surface area contributed by atoms with Crippen LogP contribution in [0.3, 0.4) is 0 Å². The van der Waals surface area contributed by atoms with E-state index in [-0.39, 0.29) is 23.7 Å². The van der Waals surface area contributed by atoms with Gasteiger partial charge < -0.3 is 20.4 Å². The Morgan fingerprint density at radius 3 is 2.46 bits per heavy atom. The van der Waals surface area contributed by atoms with E-state index in [1.807, 2.05) is 54.6 Å². The van der Waals surface area contributed by atoms with Crippen LogP contribution in [0.25, 0.3) is 0 Å². The number of aromatic nitrogens is 1. The number of hydrogen-bond acceptors (Lipinski definition) is 4. The molecule has 1 heterocycles. The molecule has 0 aliphatic carbocycles. The topological polar surface area (TPSA) is 86.3 Å². The highest BCUT2D eigenvalue weighted by molar-refractivity contribution is 5.93. The first-order chi connectivity index (χ1) is 13.6. The molecule has 6 heteroatoms. The Morgan fingerprint density at radius 2 is 1.79 bits per heavy atom. The van der Waals surface area contributed by atoms with Crippen LogP contribution in [0, 0.1) is 0 Å². The summed E-state index contributed by atoms with van der Waals surface area (Å²) in [4.78, 5) is 25.2. The van der Waals surface area contributed by atoms with Crippen LogP contribution in [0.5, 0.6) is 5.75 Å². The van der Waals surface area contributed by atoms with Gasteiger partial charge in [0.15, 0.2) is 0 Å². The summed E-state index contributed by atoms with van der Waals surface area (Å²) in [5, 5.41) is 2.75. The number of carbonyl (C=O) groups excluding carboxylic acids is 1. The summed E-state index contributed by atoms with van der Waals surface area (Å²) in [5.41, 5.74) is 7.77. The molecule has 1 unspecified atom stereocenters. The van der Waals surface area contributed by atoms with Gasteiger partial charge in [0.1, 0.15) is 11.3 Å². The number of rotatable bonds is 7. The molecule has 0 aliphatic rings. The maximum atomic E-state index is 12.7. The van der Waals surface area contributed by atoms with Crippen molar-refractivity contribution in [2.45, 2.75) is 12.6 Å². The minimum absolute atomic E-state index is 0.0976. The largest absolute Gasteiger partial charge is 0.497 e. The first-order valence-corrected chi connectivity index (χ1v) is 8.99. The zero-order valence-electron chi connectivity index (χ0n) is 15.7. The van der Waals surface area contributed by atoms with Gasteiger partial charge in [0.2, 0.25) is 0 Å². The Bertz CT molecular complexity index is 982. The normalized spacial score (nSPS) is 11.6. The highest BCUT2D eigenvalue weighted by Gasteiger charge is 2.14. The van der Waals surface area contributed by atoms with Crippen LogP contribution >= 0.6 is 0 Å². The van der Waals surface area contributed by atoms with Gasteiger partial charge >= 0.3 is 0 Å². The van der Waals surface area contributed by atoms with Crippen LogP contribution in [0.2, 0.25) is 0 Å². The third-order valence-electron chi connectivity index (χ3n) is 4.49. The van der Waals surface area contributed by atoms with E-state index >= 15 is 0 Å². The van der Waals surface area contributed by atoms with E-state index in [1.165, 1.54) is 10.6 Å². The highest BCUT2D eigenvalue weighted by atomic mass is 16.5. The Labute approximate surface area is 163 Å². The molecule has 28 heavy (non-hydrogen) atoms. The Hall–Kier alpha value is -3.38. The molecule has 144 valence electrons. The van der Waals surface area contributed by atoms with Crippen LogP contribution in [-0.4, -0.2) is 24.1 Å². The summed E-state index contributed by atoms with van der Waals surface area (Å²) >= 11 is 0. The fraction of sp³-hybridized carbons (Fsp3) is 0.182. The molecule has 1 amide bonds. The average Bonchev–Trinajstić information content (AvgIpc) is 2.74. The lowest BCUT2D eigenvalue weighted by Gasteiger charge is -2.14. The van der Waals surface area contributed by atoms with E-state index in [2.05, 4.69) is 5.32 Å². The zero-order chi connectivity index (χ0) is 19.9. The minimum atomic E-state index is -0.434. The van der Waals surface area contributed by atoms with Crippen LogP contribution in [0.15, 0.2) is 77.7 Å². The fourth-order valence-corrected chi connectivity index (χ4v) is 2.88. The molecule has 0 bridgehead atoms. The lowest BCUT2D eigenvalue weighted by molar-refractivity contribution is 0.0949. The predicted octanol–water partition coefficient (Wildman–Crippen LogP) is 2.33. The van der Waals surface area contributed by atoms with Crippen molar-refractivity contribution in [2.75, 3.05) is 13.7 Å². The molecule has 0 spiro atoms. The molecule has 1 atom stereocenters. The van der Waals surface area contributed by atoms with Gasteiger partial charge in [0.25, 0.3) is 11.5 Å². The monoisotopic (exact) mass is 377 g/mol. The van der Waals surface area contributed by atoms with Gasteiger partial charge in [-0.05, 0) is 35.4 Å². The molecule has 0 fully saturated rings. The maximum absolute atomic E-state index is 12.7. The van der Waals surface area contributed by atoms with E-state index in [1.54, 1.807) is 19.4 Å². The van der Waals surface area contributed by atoms with E-state index in [0.29, 0.717) is 6.54 Å². The maximum Gasteiger partial charge on any atom is 0.263 e. The van der Waals surface area contributed by atoms with Crippen LogP contribution < -0.4 is 21.3 Å². The summed E-state index contributed by atoms with van der Waals surface area (Å²) in [6.45, 7) is 0.629. The van der Waals surface area contributed by atoms with E-state index in [9.17, 15) is 9.59 Å². The lowest BCUT2D eigenvalue weighted by Crippen LogP contribution is -2.36. The Balaban J connectivity index is 1.67. The summed E-state index contributed by atoms with van der Waals surface area (Å²) in [5.74, 6) is 0.305. The average molecular weight is 377 g/mol. The van der Waals surface area contributed by atoms with E-state index in [4.69, 9.17) is 10.5 Å². The lowest BCUT2D eigenvalue weighted by atomic mass is 10.1. The molecule has 0 saturated carbocycles. The van der Waals surface area contributed by atoms with Gasteiger partial charge in [-0.25, -0.2) is 0 Å². The molecule has 3 rings (SSSR count). The summed E-state index contributed by atoms with van der Waals surface area (Å²) < 4.78 is 6.65. The Morgan fingerprint density at radius 1 is 1.07 bits per heavy atom. The fourth-order valence-electron chi connectivity index (χ4n) is 2.88. The van der Waals surface area contributed by atoms with Crippen molar-refractivity contribution in [3.8, 4) is 5.75 Å². The number of nitrogens with one attached hydrogen (secondary N) is 1. The first kappa shape index (κ1) is 19.4. The van der Waals surface area contributed by atoms with Crippen LogP contribution in [0.1, 0.15) is 27.5 Å². The quantitative estimate of drug-likeness (QED) is 0.662. The van der Waals surface area contributed by atoms with E-state index in [0.717, 1.165) is 16.9 Å². The second-order valence-corrected chi connectivity index (χ2v) is 6.43. The predicted molar refractivity (Wildman–Crippen MR) is 109 cm³/mol. The van der Waals surface area contributed by atoms with Crippen molar-refractivity contribution in [1.29, 1.82) is 0 Å². The molecule has 0 radical (unpaired) electrons. The number of hydrogen-bond donors (Lipinski definition) is 2. The molecule has 2 aromatic carbocycles. The number of amides is 1. The standard InChI is InChI=1S/C22H23N3O3/c1-28-18-11-9-17(10-12-18)20(23)14-24-21(26)19-8-5-13-25(22(19)27)15-16-6-3-2-4-7-16/h2-13,20H,14-15,23H2,1H3,(H,24,26). The van der Waals surface area contributed by atoms with Crippen molar-refractivity contribution >= 4 is 5.91 Å². The smallest absolute Gasteiger partial charge is 0.263 e. The molecule has 6 nitrogen and oxygen atoms in total.